The largest absolute Gasteiger partial charge is 0.489 e. The molecule has 0 amide bonds. The molecule has 2 aliphatic rings. The Morgan fingerprint density at radius 2 is 2.05 bits per heavy atom. The molecule has 2 fully saturated rings. The van der Waals surface area contributed by atoms with E-state index in [1.165, 1.54) is 0 Å². The fraction of sp³-hybridized carbons (Fsp3) is 0.533. The van der Waals surface area contributed by atoms with Crippen LogP contribution in [0.4, 0.5) is 0 Å². The first-order valence-electron chi connectivity index (χ1n) is 6.79. The van der Waals surface area contributed by atoms with E-state index in [1.54, 1.807) is 0 Å². The molecule has 1 saturated carbocycles. The molecule has 0 aromatic heterocycles. The zero-order valence-electron chi connectivity index (χ0n) is 10.8. The van der Waals surface area contributed by atoms with Crippen LogP contribution in [0.2, 0.25) is 0 Å². The Morgan fingerprint density at radius 3 is 2.63 bits per heavy atom. The Bertz CT molecular complexity index is 476. The summed E-state index contributed by atoms with van der Waals surface area (Å²) >= 11 is 1.88. The van der Waals surface area contributed by atoms with Gasteiger partial charge in [0, 0.05) is 11.5 Å². The highest BCUT2D eigenvalue weighted by molar-refractivity contribution is 8.00. The fourth-order valence-corrected chi connectivity index (χ4v) is 3.51. The lowest BCUT2D eigenvalue weighted by atomic mass is 9.79. The summed E-state index contributed by atoms with van der Waals surface area (Å²) in [6.45, 7) is 0. The van der Waals surface area contributed by atoms with Crippen molar-refractivity contribution in [1.29, 1.82) is 0 Å². The number of aliphatic carboxylic acids is 1. The summed E-state index contributed by atoms with van der Waals surface area (Å²) in [6, 6.07) is 7.71. The molecule has 19 heavy (non-hydrogen) atoms. The Kier molecular flexibility index (Phi) is 3.44. The smallest absolute Gasteiger partial charge is 0.314 e. The summed E-state index contributed by atoms with van der Waals surface area (Å²) < 4.78 is 5.86. The maximum atomic E-state index is 11.7. The Morgan fingerprint density at radius 1 is 1.32 bits per heavy atom. The van der Waals surface area contributed by atoms with Crippen molar-refractivity contribution in [3.63, 3.8) is 0 Å². The van der Waals surface area contributed by atoms with Crippen molar-refractivity contribution in [1.82, 2.24) is 0 Å². The van der Waals surface area contributed by atoms with Crippen LogP contribution in [0, 0.1) is 0 Å². The molecule has 1 N–H and O–H groups in total. The molecule has 0 unspecified atom stereocenters. The molecule has 1 saturated heterocycles. The number of carboxylic acids is 1. The zero-order chi connectivity index (χ0) is 13.3. The molecule has 1 aliphatic heterocycles. The SMILES string of the molecule is O=C(O)C1(c2cccc(OC3CSC3)c2)CCCC1. The summed E-state index contributed by atoms with van der Waals surface area (Å²) in [5, 5.41) is 9.60. The van der Waals surface area contributed by atoms with Crippen molar-refractivity contribution < 1.29 is 14.6 Å². The molecule has 0 bridgehead atoms. The van der Waals surface area contributed by atoms with Crippen LogP contribution in [0.3, 0.4) is 0 Å². The van der Waals surface area contributed by atoms with Gasteiger partial charge in [-0.05, 0) is 30.5 Å². The minimum atomic E-state index is -0.693. The second-order valence-electron chi connectivity index (χ2n) is 5.40. The van der Waals surface area contributed by atoms with Gasteiger partial charge < -0.3 is 9.84 Å². The van der Waals surface area contributed by atoms with Crippen LogP contribution in [0.1, 0.15) is 31.2 Å². The second kappa shape index (κ2) is 5.08. The van der Waals surface area contributed by atoms with E-state index >= 15 is 0 Å². The van der Waals surface area contributed by atoms with Crippen molar-refractivity contribution in [2.75, 3.05) is 11.5 Å². The Balaban J connectivity index is 1.86. The lowest BCUT2D eigenvalue weighted by molar-refractivity contribution is -0.143. The highest BCUT2D eigenvalue weighted by Crippen LogP contribution is 2.42. The van der Waals surface area contributed by atoms with Gasteiger partial charge in [-0.15, -0.1) is 0 Å². The number of hydrogen-bond acceptors (Lipinski definition) is 3. The molecule has 102 valence electrons. The first kappa shape index (κ1) is 12.9. The number of thioether (sulfide) groups is 1. The lowest BCUT2D eigenvalue weighted by Gasteiger charge is -2.28. The molecule has 1 aromatic rings. The first-order valence-corrected chi connectivity index (χ1v) is 7.94. The van der Waals surface area contributed by atoms with E-state index in [-0.39, 0.29) is 0 Å². The van der Waals surface area contributed by atoms with E-state index in [2.05, 4.69) is 0 Å². The monoisotopic (exact) mass is 278 g/mol. The average Bonchev–Trinajstić information content (AvgIpc) is 2.85. The number of ether oxygens (including phenoxy) is 1. The highest BCUT2D eigenvalue weighted by atomic mass is 32.2. The normalized spacial score (nSPS) is 21.9. The predicted molar refractivity (Wildman–Crippen MR) is 76.0 cm³/mol. The fourth-order valence-electron chi connectivity index (χ4n) is 2.95. The van der Waals surface area contributed by atoms with Gasteiger partial charge >= 0.3 is 5.97 Å². The summed E-state index contributed by atoms with van der Waals surface area (Å²) in [5.74, 6) is 2.19. The molecule has 3 nitrogen and oxygen atoms in total. The van der Waals surface area contributed by atoms with E-state index < -0.39 is 11.4 Å². The standard InChI is InChI=1S/C15H18O3S/c16-14(17)15(6-1-2-7-15)11-4-3-5-12(8-11)18-13-9-19-10-13/h3-5,8,13H,1-2,6-7,9-10H2,(H,16,17). The van der Waals surface area contributed by atoms with Crippen molar-refractivity contribution in [3.8, 4) is 5.75 Å². The zero-order valence-corrected chi connectivity index (χ0v) is 11.6. The van der Waals surface area contributed by atoms with Gasteiger partial charge in [0.15, 0.2) is 0 Å². The van der Waals surface area contributed by atoms with Crippen LogP contribution < -0.4 is 4.74 Å². The molecular formula is C15H18O3S. The highest BCUT2D eigenvalue weighted by Gasteiger charge is 2.43. The first-order chi connectivity index (χ1) is 9.21. The van der Waals surface area contributed by atoms with Gasteiger partial charge in [-0.25, -0.2) is 0 Å². The Labute approximate surface area is 117 Å². The van der Waals surface area contributed by atoms with E-state index in [9.17, 15) is 9.90 Å². The minimum Gasteiger partial charge on any atom is -0.489 e. The van der Waals surface area contributed by atoms with Crippen molar-refractivity contribution in [3.05, 3.63) is 29.8 Å². The number of benzene rings is 1. The Hall–Kier alpha value is -1.16. The summed E-state index contributed by atoms with van der Waals surface area (Å²) in [7, 11) is 0. The molecule has 0 spiro atoms. The predicted octanol–water partition coefficient (Wildman–Crippen LogP) is 3.08. The van der Waals surface area contributed by atoms with Gasteiger partial charge in [0.05, 0.1) is 5.41 Å². The van der Waals surface area contributed by atoms with Crippen molar-refractivity contribution in [2.45, 2.75) is 37.2 Å². The van der Waals surface area contributed by atoms with E-state index in [0.29, 0.717) is 6.10 Å². The third kappa shape index (κ3) is 2.34. The van der Waals surface area contributed by atoms with Crippen LogP contribution in [0.5, 0.6) is 5.75 Å². The molecular weight excluding hydrogens is 260 g/mol. The molecule has 0 radical (unpaired) electrons. The van der Waals surface area contributed by atoms with E-state index in [4.69, 9.17) is 4.74 Å². The third-order valence-electron chi connectivity index (χ3n) is 4.16. The van der Waals surface area contributed by atoms with Crippen LogP contribution in [0.25, 0.3) is 0 Å². The summed E-state index contributed by atoms with van der Waals surface area (Å²) in [5.41, 5.74) is 0.218. The van der Waals surface area contributed by atoms with E-state index in [0.717, 1.165) is 48.5 Å². The quantitative estimate of drug-likeness (QED) is 0.919. The second-order valence-corrected chi connectivity index (χ2v) is 6.47. The van der Waals surface area contributed by atoms with Crippen molar-refractivity contribution >= 4 is 17.7 Å². The van der Waals surface area contributed by atoms with Gasteiger partial charge in [-0.3, -0.25) is 4.79 Å². The van der Waals surface area contributed by atoms with Crippen LogP contribution in [-0.4, -0.2) is 28.7 Å². The average molecular weight is 278 g/mol. The van der Waals surface area contributed by atoms with Crippen LogP contribution in [-0.2, 0) is 10.2 Å². The molecule has 3 rings (SSSR count). The lowest BCUT2D eigenvalue weighted by Crippen LogP contribution is -2.33. The molecule has 1 aromatic carbocycles. The van der Waals surface area contributed by atoms with Gasteiger partial charge in [0.2, 0.25) is 0 Å². The topological polar surface area (TPSA) is 46.5 Å². The maximum absolute atomic E-state index is 11.7. The summed E-state index contributed by atoms with van der Waals surface area (Å²) in [4.78, 5) is 11.7. The van der Waals surface area contributed by atoms with Gasteiger partial charge in [-0.1, -0.05) is 25.0 Å². The molecule has 4 heteroatoms. The third-order valence-corrected chi connectivity index (χ3v) is 5.38. The van der Waals surface area contributed by atoms with E-state index in [1.807, 2.05) is 36.0 Å². The van der Waals surface area contributed by atoms with Gasteiger partial charge in [0.25, 0.3) is 0 Å². The molecule has 1 aliphatic carbocycles. The minimum absolute atomic E-state index is 0.296. The number of carboxylic acid groups (broad SMARTS) is 1. The number of hydrogen-bond donors (Lipinski definition) is 1. The summed E-state index contributed by atoms with van der Waals surface area (Å²) in [6.07, 6.45) is 3.77. The number of carbonyl (C=O) groups is 1. The van der Waals surface area contributed by atoms with Crippen LogP contribution in [0.15, 0.2) is 24.3 Å². The number of rotatable bonds is 4. The van der Waals surface area contributed by atoms with Crippen molar-refractivity contribution in [2.24, 2.45) is 0 Å². The maximum Gasteiger partial charge on any atom is 0.314 e. The van der Waals surface area contributed by atoms with Gasteiger partial charge in [-0.2, -0.15) is 11.8 Å². The van der Waals surface area contributed by atoms with Crippen LogP contribution >= 0.6 is 11.8 Å². The van der Waals surface area contributed by atoms with Gasteiger partial charge in [0.1, 0.15) is 11.9 Å². The molecule has 1 heterocycles. The molecule has 0 atom stereocenters.